The fourth-order valence-corrected chi connectivity index (χ4v) is 4.14. The van der Waals surface area contributed by atoms with Gasteiger partial charge in [0.2, 0.25) is 0 Å². The average molecular weight is 409 g/mol. The molecule has 0 fully saturated rings. The molecule has 3 rings (SSSR count). The number of benzene rings is 3. The molecular weight excluding hydrogens is 384 g/mol. The van der Waals surface area contributed by atoms with Crippen molar-refractivity contribution in [3.8, 4) is 0 Å². The molecule has 5 nitrogen and oxygen atoms in total. The summed E-state index contributed by atoms with van der Waals surface area (Å²) in [6.45, 7) is 4.26. The van der Waals surface area contributed by atoms with E-state index in [0.717, 1.165) is 21.0 Å². The van der Waals surface area contributed by atoms with Crippen molar-refractivity contribution >= 4 is 21.6 Å². The molecule has 0 unspecified atom stereocenters. The Kier molecular flexibility index (Phi) is 6.03. The van der Waals surface area contributed by atoms with E-state index in [0.29, 0.717) is 17.8 Å². The Balaban J connectivity index is 1.84. The molecule has 0 aromatic heterocycles. The van der Waals surface area contributed by atoms with Gasteiger partial charge in [-0.2, -0.15) is 0 Å². The molecular formula is C23H24N2O3S. The van der Waals surface area contributed by atoms with E-state index >= 15 is 0 Å². The largest absolute Gasteiger partial charge is 0.348 e. The summed E-state index contributed by atoms with van der Waals surface area (Å²) in [6, 6.07) is 21.2. The van der Waals surface area contributed by atoms with Gasteiger partial charge in [0.05, 0.1) is 16.1 Å². The standard InChI is InChI=1S/C23H24N2O3S/c1-17-8-12-19(13-9-17)16-24-23(26)21-6-4-5-7-22(21)25(3)29(27,28)20-14-10-18(2)11-15-20/h4-15H,16H2,1-3H3,(H,24,26). The molecule has 0 aliphatic heterocycles. The lowest BCUT2D eigenvalue weighted by Crippen LogP contribution is -2.30. The molecule has 1 amide bonds. The number of nitrogens with zero attached hydrogens (tertiary/aromatic N) is 1. The molecule has 29 heavy (non-hydrogen) atoms. The second-order valence-electron chi connectivity index (χ2n) is 6.97. The number of sulfonamides is 1. The van der Waals surface area contributed by atoms with Gasteiger partial charge in [-0.05, 0) is 43.7 Å². The first kappa shape index (κ1) is 20.6. The zero-order valence-electron chi connectivity index (χ0n) is 16.7. The van der Waals surface area contributed by atoms with Crippen LogP contribution in [0.1, 0.15) is 27.0 Å². The topological polar surface area (TPSA) is 66.5 Å². The molecule has 0 saturated carbocycles. The van der Waals surface area contributed by atoms with Crippen molar-refractivity contribution in [1.29, 1.82) is 0 Å². The van der Waals surface area contributed by atoms with Gasteiger partial charge in [0.1, 0.15) is 0 Å². The van der Waals surface area contributed by atoms with E-state index in [1.807, 2.05) is 38.1 Å². The first-order chi connectivity index (χ1) is 13.8. The summed E-state index contributed by atoms with van der Waals surface area (Å²) in [6.07, 6.45) is 0. The number of anilines is 1. The first-order valence-corrected chi connectivity index (χ1v) is 10.7. The molecule has 0 saturated heterocycles. The van der Waals surface area contributed by atoms with Gasteiger partial charge < -0.3 is 5.32 Å². The van der Waals surface area contributed by atoms with E-state index in [2.05, 4.69) is 5.32 Å². The van der Waals surface area contributed by atoms with E-state index in [-0.39, 0.29) is 10.8 Å². The number of hydrogen-bond acceptors (Lipinski definition) is 3. The normalized spacial score (nSPS) is 11.1. The van der Waals surface area contributed by atoms with Crippen LogP contribution in [-0.2, 0) is 16.6 Å². The van der Waals surface area contributed by atoms with Crippen molar-refractivity contribution < 1.29 is 13.2 Å². The molecule has 6 heteroatoms. The molecule has 0 bridgehead atoms. The molecule has 0 heterocycles. The molecule has 3 aromatic rings. The van der Waals surface area contributed by atoms with Crippen molar-refractivity contribution in [3.05, 3.63) is 95.1 Å². The van der Waals surface area contributed by atoms with Gasteiger partial charge in [0, 0.05) is 13.6 Å². The number of para-hydroxylation sites is 1. The van der Waals surface area contributed by atoms with Crippen LogP contribution in [0.5, 0.6) is 0 Å². The fraction of sp³-hybridized carbons (Fsp3) is 0.174. The van der Waals surface area contributed by atoms with Crippen molar-refractivity contribution in [1.82, 2.24) is 5.32 Å². The maximum atomic E-state index is 13.0. The van der Waals surface area contributed by atoms with Gasteiger partial charge in [0.25, 0.3) is 15.9 Å². The highest BCUT2D eigenvalue weighted by molar-refractivity contribution is 7.92. The average Bonchev–Trinajstić information content (AvgIpc) is 2.73. The molecule has 0 spiro atoms. The second kappa shape index (κ2) is 8.49. The van der Waals surface area contributed by atoms with Crippen molar-refractivity contribution in [3.63, 3.8) is 0 Å². The van der Waals surface area contributed by atoms with Crippen molar-refractivity contribution in [2.45, 2.75) is 25.3 Å². The minimum atomic E-state index is -3.78. The Bertz CT molecular complexity index is 1110. The summed E-state index contributed by atoms with van der Waals surface area (Å²) in [4.78, 5) is 13.0. The molecule has 1 N–H and O–H groups in total. The molecule has 3 aromatic carbocycles. The predicted octanol–water partition coefficient (Wildman–Crippen LogP) is 4.06. The van der Waals surface area contributed by atoms with E-state index in [1.165, 1.54) is 7.05 Å². The highest BCUT2D eigenvalue weighted by atomic mass is 32.2. The minimum absolute atomic E-state index is 0.181. The van der Waals surface area contributed by atoms with Crippen molar-refractivity contribution in [2.24, 2.45) is 0 Å². The summed E-state index contributed by atoms with van der Waals surface area (Å²) < 4.78 is 27.2. The minimum Gasteiger partial charge on any atom is -0.348 e. The van der Waals surface area contributed by atoms with E-state index in [9.17, 15) is 13.2 Å². The van der Waals surface area contributed by atoms with Gasteiger partial charge in [-0.1, -0.05) is 59.7 Å². The van der Waals surface area contributed by atoms with Crippen LogP contribution in [0.2, 0.25) is 0 Å². The van der Waals surface area contributed by atoms with Gasteiger partial charge in [-0.15, -0.1) is 0 Å². The number of amides is 1. The Labute approximate surface area is 172 Å². The lowest BCUT2D eigenvalue weighted by molar-refractivity contribution is 0.0951. The maximum Gasteiger partial charge on any atom is 0.264 e. The molecule has 0 radical (unpaired) electrons. The number of aryl methyl sites for hydroxylation is 2. The van der Waals surface area contributed by atoms with Crippen molar-refractivity contribution in [2.75, 3.05) is 11.4 Å². The second-order valence-corrected chi connectivity index (χ2v) is 8.94. The molecule has 0 aliphatic rings. The highest BCUT2D eigenvalue weighted by Crippen LogP contribution is 2.26. The Hall–Kier alpha value is -3.12. The third kappa shape index (κ3) is 4.66. The van der Waals surface area contributed by atoms with Crippen LogP contribution in [0.3, 0.4) is 0 Å². The Morgan fingerprint density at radius 2 is 1.41 bits per heavy atom. The number of nitrogens with one attached hydrogen (secondary N) is 1. The van der Waals surface area contributed by atoms with Gasteiger partial charge in [-0.25, -0.2) is 8.42 Å². The lowest BCUT2D eigenvalue weighted by Gasteiger charge is -2.22. The van der Waals surface area contributed by atoms with E-state index in [1.54, 1.807) is 48.5 Å². The SMILES string of the molecule is Cc1ccc(CNC(=O)c2ccccc2N(C)S(=O)(=O)c2ccc(C)cc2)cc1. The van der Waals surface area contributed by atoms with E-state index in [4.69, 9.17) is 0 Å². The number of carbonyl (C=O) groups is 1. The van der Waals surface area contributed by atoms with Crippen LogP contribution in [0.25, 0.3) is 0 Å². The highest BCUT2D eigenvalue weighted by Gasteiger charge is 2.24. The van der Waals surface area contributed by atoms with Crippen LogP contribution in [0.4, 0.5) is 5.69 Å². The first-order valence-electron chi connectivity index (χ1n) is 9.27. The predicted molar refractivity (Wildman–Crippen MR) is 116 cm³/mol. The molecule has 0 atom stereocenters. The third-order valence-electron chi connectivity index (χ3n) is 4.74. The zero-order chi connectivity index (χ0) is 21.0. The van der Waals surface area contributed by atoms with Gasteiger partial charge in [-0.3, -0.25) is 9.10 Å². The fourth-order valence-electron chi connectivity index (χ4n) is 2.92. The van der Waals surface area contributed by atoms with Crippen LogP contribution < -0.4 is 9.62 Å². The molecule has 150 valence electrons. The quantitative estimate of drug-likeness (QED) is 0.669. The third-order valence-corrected chi connectivity index (χ3v) is 6.53. The van der Waals surface area contributed by atoms with Gasteiger partial charge in [0.15, 0.2) is 0 Å². The lowest BCUT2D eigenvalue weighted by atomic mass is 10.1. The number of hydrogen-bond donors (Lipinski definition) is 1. The summed E-state index contributed by atoms with van der Waals surface area (Å²) in [7, 11) is -2.32. The zero-order valence-corrected chi connectivity index (χ0v) is 17.5. The summed E-state index contributed by atoms with van der Waals surface area (Å²) >= 11 is 0. The summed E-state index contributed by atoms with van der Waals surface area (Å²) in [5.74, 6) is -0.327. The summed E-state index contributed by atoms with van der Waals surface area (Å²) in [5, 5.41) is 2.87. The number of carbonyl (C=O) groups excluding carboxylic acids is 1. The summed E-state index contributed by atoms with van der Waals surface area (Å²) in [5.41, 5.74) is 3.73. The van der Waals surface area contributed by atoms with Crippen LogP contribution in [0, 0.1) is 13.8 Å². The monoisotopic (exact) mass is 408 g/mol. The van der Waals surface area contributed by atoms with Crippen LogP contribution in [-0.4, -0.2) is 21.4 Å². The smallest absolute Gasteiger partial charge is 0.264 e. The van der Waals surface area contributed by atoms with E-state index < -0.39 is 10.0 Å². The van der Waals surface area contributed by atoms with Gasteiger partial charge >= 0.3 is 0 Å². The Morgan fingerprint density at radius 1 is 0.862 bits per heavy atom. The Morgan fingerprint density at radius 3 is 2.03 bits per heavy atom. The maximum absolute atomic E-state index is 13.0. The van der Waals surface area contributed by atoms with Crippen LogP contribution >= 0.6 is 0 Å². The number of rotatable bonds is 6. The molecule has 0 aliphatic carbocycles. The van der Waals surface area contributed by atoms with Crippen LogP contribution in [0.15, 0.2) is 77.7 Å².